The lowest BCUT2D eigenvalue weighted by atomic mass is 10.2. The molecule has 2 nitrogen and oxygen atoms in total. The molecule has 2 aromatic rings. The molecule has 0 bridgehead atoms. The maximum Gasteiger partial charge on any atom is 0.143 e. The van der Waals surface area contributed by atoms with Crippen molar-refractivity contribution in [2.45, 2.75) is 0 Å². The Bertz CT molecular complexity index is 602. The molecule has 3 N–H and O–H groups in total. The summed E-state index contributed by atoms with van der Waals surface area (Å²) in [6, 6.07) is 7.51. The molecule has 0 aromatic heterocycles. The molecule has 18 heavy (non-hydrogen) atoms. The van der Waals surface area contributed by atoms with Crippen molar-refractivity contribution in [3.05, 3.63) is 51.2 Å². The van der Waals surface area contributed by atoms with Gasteiger partial charge in [0.05, 0.1) is 27.1 Å². The fraction of sp³-hybridized carbons (Fsp3) is 0. The molecule has 0 aliphatic carbocycles. The summed E-state index contributed by atoms with van der Waals surface area (Å²) in [7, 11) is 0. The van der Waals surface area contributed by atoms with Gasteiger partial charge in [-0.15, -0.1) is 0 Å². The third-order valence-corrected chi connectivity index (χ3v) is 3.13. The fourth-order valence-corrected chi connectivity index (χ4v) is 2.03. The van der Waals surface area contributed by atoms with E-state index in [0.717, 1.165) is 6.07 Å². The molecule has 0 heterocycles. The number of hydrogen-bond acceptors (Lipinski definition) is 2. The highest BCUT2D eigenvalue weighted by Crippen LogP contribution is 2.32. The van der Waals surface area contributed by atoms with Crippen molar-refractivity contribution < 1.29 is 4.39 Å². The first kappa shape index (κ1) is 13.3. The number of benzene rings is 2. The van der Waals surface area contributed by atoms with E-state index >= 15 is 0 Å². The lowest BCUT2D eigenvalue weighted by Crippen LogP contribution is -1.98. The molecule has 0 unspecified atom stereocenters. The summed E-state index contributed by atoms with van der Waals surface area (Å²) < 4.78 is 13.1. The second-order valence-electron chi connectivity index (χ2n) is 3.60. The predicted octanol–water partition coefficient (Wildman–Crippen LogP) is 5.11. The number of nitrogen functional groups attached to an aromatic ring is 1. The van der Waals surface area contributed by atoms with Crippen molar-refractivity contribution in [2.75, 3.05) is 11.1 Å². The number of rotatable bonds is 2. The molecular formula is C12H8Cl3FN2. The van der Waals surface area contributed by atoms with Crippen LogP contribution in [0.2, 0.25) is 15.1 Å². The molecule has 0 saturated heterocycles. The van der Waals surface area contributed by atoms with Gasteiger partial charge in [-0.2, -0.15) is 0 Å². The van der Waals surface area contributed by atoms with Gasteiger partial charge in [-0.05, 0) is 24.3 Å². The van der Waals surface area contributed by atoms with Crippen LogP contribution in [0.3, 0.4) is 0 Å². The highest BCUT2D eigenvalue weighted by molar-refractivity contribution is 6.36. The number of nitrogens with one attached hydrogen (secondary N) is 1. The van der Waals surface area contributed by atoms with Crippen LogP contribution in [0.15, 0.2) is 30.3 Å². The third kappa shape index (κ3) is 2.80. The molecule has 94 valence electrons. The highest BCUT2D eigenvalue weighted by Gasteiger charge is 2.08. The largest absolute Gasteiger partial charge is 0.397 e. The van der Waals surface area contributed by atoms with Crippen LogP contribution in [-0.2, 0) is 0 Å². The minimum absolute atomic E-state index is 0.0169. The number of halogens is 4. The van der Waals surface area contributed by atoms with E-state index in [4.69, 9.17) is 40.5 Å². The average Bonchev–Trinajstić information content (AvgIpc) is 2.29. The Morgan fingerprint density at radius 1 is 0.944 bits per heavy atom. The summed E-state index contributed by atoms with van der Waals surface area (Å²) in [5, 5.41) is 3.91. The first-order valence-electron chi connectivity index (χ1n) is 4.94. The zero-order valence-electron chi connectivity index (χ0n) is 8.98. The van der Waals surface area contributed by atoms with Crippen LogP contribution in [0.25, 0.3) is 0 Å². The molecule has 0 saturated carbocycles. The van der Waals surface area contributed by atoms with Crippen LogP contribution in [0.5, 0.6) is 0 Å². The first-order valence-corrected chi connectivity index (χ1v) is 6.07. The van der Waals surface area contributed by atoms with Gasteiger partial charge in [0.15, 0.2) is 0 Å². The van der Waals surface area contributed by atoms with Crippen LogP contribution >= 0.6 is 34.8 Å². The van der Waals surface area contributed by atoms with E-state index in [-0.39, 0.29) is 10.7 Å². The second kappa shape index (κ2) is 5.22. The van der Waals surface area contributed by atoms with Crippen molar-refractivity contribution in [2.24, 2.45) is 0 Å². The van der Waals surface area contributed by atoms with Crippen molar-refractivity contribution in [1.82, 2.24) is 0 Å². The minimum atomic E-state index is -0.568. The lowest BCUT2D eigenvalue weighted by molar-refractivity contribution is 0.629. The molecule has 6 heteroatoms. The quantitative estimate of drug-likeness (QED) is 0.756. The van der Waals surface area contributed by atoms with Gasteiger partial charge >= 0.3 is 0 Å². The molecule has 0 amide bonds. The monoisotopic (exact) mass is 304 g/mol. The Balaban J connectivity index is 2.37. The Morgan fingerprint density at radius 2 is 1.67 bits per heavy atom. The Hall–Kier alpha value is -1.16. The Kier molecular flexibility index (Phi) is 3.85. The summed E-state index contributed by atoms with van der Waals surface area (Å²) in [5.41, 5.74) is 7.01. The topological polar surface area (TPSA) is 38.0 Å². The summed E-state index contributed by atoms with van der Waals surface area (Å²) in [4.78, 5) is 0. The van der Waals surface area contributed by atoms with Crippen molar-refractivity contribution in [3.8, 4) is 0 Å². The normalized spacial score (nSPS) is 10.4. The molecule has 2 rings (SSSR count). The van der Waals surface area contributed by atoms with Crippen LogP contribution in [0, 0.1) is 5.82 Å². The highest BCUT2D eigenvalue weighted by atomic mass is 35.5. The summed E-state index contributed by atoms with van der Waals surface area (Å²) in [6.45, 7) is 0. The van der Waals surface area contributed by atoms with Crippen molar-refractivity contribution >= 4 is 51.9 Å². The van der Waals surface area contributed by atoms with Crippen LogP contribution in [0.1, 0.15) is 0 Å². The molecular weight excluding hydrogens is 298 g/mol. The van der Waals surface area contributed by atoms with Gasteiger partial charge in [0, 0.05) is 11.1 Å². The SMILES string of the molecule is Nc1cc(F)c(Cl)cc1Nc1ccc(Cl)cc1Cl. The average molecular weight is 306 g/mol. The third-order valence-electron chi connectivity index (χ3n) is 2.29. The van der Waals surface area contributed by atoms with E-state index in [1.54, 1.807) is 18.2 Å². The zero-order valence-corrected chi connectivity index (χ0v) is 11.2. The number of hydrogen-bond donors (Lipinski definition) is 2. The molecule has 0 spiro atoms. The van der Waals surface area contributed by atoms with Crippen LogP contribution in [0.4, 0.5) is 21.5 Å². The van der Waals surface area contributed by atoms with Crippen molar-refractivity contribution in [1.29, 1.82) is 0 Å². The Morgan fingerprint density at radius 3 is 2.33 bits per heavy atom. The number of anilines is 3. The van der Waals surface area contributed by atoms with Gasteiger partial charge in [0.25, 0.3) is 0 Å². The van der Waals surface area contributed by atoms with E-state index in [1.807, 2.05) is 0 Å². The van der Waals surface area contributed by atoms with Gasteiger partial charge in [-0.25, -0.2) is 4.39 Å². The summed E-state index contributed by atoms with van der Waals surface area (Å²) in [5.74, 6) is -0.568. The molecule has 0 aliphatic heterocycles. The van der Waals surface area contributed by atoms with Crippen LogP contribution in [-0.4, -0.2) is 0 Å². The first-order chi connectivity index (χ1) is 8.47. The fourth-order valence-electron chi connectivity index (χ4n) is 1.41. The predicted molar refractivity (Wildman–Crippen MR) is 75.6 cm³/mol. The van der Waals surface area contributed by atoms with E-state index < -0.39 is 5.82 Å². The molecule has 0 radical (unpaired) electrons. The van der Waals surface area contributed by atoms with E-state index in [2.05, 4.69) is 5.32 Å². The number of nitrogens with two attached hydrogens (primary N) is 1. The standard InChI is InChI=1S/C12H8Cl3FN2/c13-6-1-2-11(8(15)3-6)18-12-4-7(14)9(16)5-10(12)17/h1-5,18H,17H2. The second-order valence-corrected chi connectivity index (χ2v) is 4.85. The van der Waals surface area contributed by atoms with Gasteiger partial charge in [0.1, 0.15) is 5.82 Å². The molecule has 2 aromatic carbocycles. The summed E-state index contributed by atoms with van der Waals surface area (Å²) >= 11 is 17.5. The molecule has 0 atom stereocenters. The van der Waals surface area contributed by atoms with Gasteiger partial charge in [-0.1, -0.05) is 34.8 Å². The molecule has 0 fully saturated rings. The zero-order chi connectivity index (χ0) is 13.3. The summed E-state index contributed by atoms with van der Waals surface area (Å²) in [6.07, 6.45) is 0. The van der Waals surface area contributed by atoms with E-state index in [1.165, 1.54) is 6.07 Å². The maximum absolute atomic E-state index is 13.1. The Labute approximate surface area is 118 Å². The van der Waals surface area contributed by atoms with E-state index in [9.17, 15) is 4.39 Å². The van der Waals surface area contributed by atoms with E-state index in [0.29, 0.717) is 21.4 Å². The van der Waals surface area contributed by atoms with Gasteiger partial charge in [0.2, 0.25) is 0 Å². The lowest BCUT2D eigenvalue weighted by Gasteiger charge is -2.11. The smallest absolute Gasteiger partial charge is 0.143 e. The van der Waals surface area contributed by atoms with Gasteiger partial charge < -0.3 is 11.1 Å². The van der Waals surface area contributed by atoms with Gasteiger partial charge in [-0.3, -0.25) is 0 Å². The minimum Gasteiger partial charge on any atom is -0.397 e. The molecule has 0 aliphatic rings. The van der Waals surface area contributed by atoms with Crippen molar-refractivity contribution in [3.63, 3.8) is 0 Å². The maximum atomic E-state index is 13.1. The van der Waals surface area contributed by atoms with Crippen LogP contribution < -0.4 is 11.1 Å².